The van der Waals surface area contributed by atoms with Crippen LogP contribution in [0.5, 0.6) is 0 Å². The fraction of sp³-hybridized carbons (Fsp3) is 0.238. The first-order valence-corrected chi connectivity index (χ1v) is 9.12. The van der Waals surface area contributed by atoms with E-state index in [4.69, 9.17) is 10.2 Å². The number of rotatable bonds is 6. The van der Waals surface area contributed by atoms with Gasteiger partial charge < -0.3 is 20.4 Å². The van der Waals surface area contributed by atoms with Crippen molar-refractivity contribution in [2.45, 2.75) is 6.18 Å². The molecule has 1 amide bonds. The summed E-state index contributed by atoms with van der Waals surface area (Å²) in [5, 5.41) is 2.77. The summed E-state index contributed by atoms with van der Waals surface area (Å²) < 4.78 is 44.3. The number of halogens is 3. The zero-order valence-electron chi connectivity index (χ0n) is 16.5. The molecular weight excluding hydrogens is 397 g/mol. The van der Waals surface area contributed by atoms with Crippen LogP contribution in [-0.2, 0) is 6.18 Å². The molecule has 3 N–H and O–H groups in total. The normalized spacial score (nSPS) is 11.7. The number of nitrogen functional groups attached to an aromatic ring is 1. The van der Waals surface area contributed by atoms with Crippen LogP contribution in [0.3, 0.4) is 0 Å². The van der Waals surface area contributed by atoms with Crippen molar-refractivity contribution < 1.29 is 22.4 Å². The van der Waals surface area contributed by atoms with E-state index in [1.807, 2.05) is 19.0 Å². The zero-order valence-corrected chi connectivity index (χ0v) is 16.5. The second-order valence-electron chi connectivity index (χ2n) is 6.95. The molecular formula is C21H21F3N4O2. The van der Waals surface area contributed by atoms with Gasteiger partial charge in [0.15, 0.2) is 11.5 Å². The number of benzene rings is 2. The maximum absolute atomic E-state index is 12.8. The van der Waals surface area contributed by atoms with E-state index in [2.05, 4.69) is 10.3 Å². The first kappa shape index (κ1) is 21.4. The Morgan fingerprint density at radius 3 is 2.23 bits per heavy atom. The van der Waals surface area contributed by atoms with Crippen molar-refractivity contribution in [3.63, 3.8) is 0 Å². The first-order chi connectivity index (χ1) is 14.1. The maximum atomic E-state index is 12.8. The van der Waals surface area contributed by atoms with E-state index in [1.54, 1.807) is 24.3 Å². The Morgan fingerprint density at radius 2 is 1.67 bits per heavy atom. The third-order valence-corrected chi connectivity index (χ3v) is 4.32. The highest BCUT2D eigenvalue weighted by Crippen LogP contribution is 2.33. The van der Waals surface area contributed by atoms with E-state index in [0.29, 0.717) is 29.9 Å². The minimum absolute atomic E-state index is 0.0494. The number of alkyl halides is 3. The first-order valence-electron chi connectivity index (χ1n) is 9.12. The molecule has 0 atom stereocenters. The standard InChI is InChI=1S/C21H21F3N4O2/c1-28(2)12-11-26-19(29)17-18(13-5-9-16(25)10-6-13)30-20(27-17)14-3-7-15(8-4-14)21(22,23)24/h3-10H,11-12,25H2,1-2H3,(H,26,29). The number of carbonyl (C=O) groups is 1. The van der Waals surface area contributed by atoms with Crippen molar-refractivity contribution in [1.29, 1.82) is 0 Å². The Balaban J connectivity index is 1.97. The van der Waals surface area contributed by atoms with Crippen LogP contribution in [0.1, 0.15) is 16.1 Å². The van der Waals surface area contributed by atoms with Crippen molar-refractivity contribution in [1.82, 2.24) is 15.2 Å². The molecule has 0 bridgehead atoms. The highest BCUT2D eigenvalue weighted by atomic mass is 19.4. The SMILES string of the molecule is CN(C)CCNC(=O)c1nc(-c2ccc(C(F)(F)F)cc2)oc1-c1ccc(N)cc1. The molecule has 0 aliphatic rings. The monoisotopic (exact) mass is 418 g/mol. The average Bonchev–Trinajstić information content (AvgIpc) is 3.13. The summed E-state index contributed by atoms with van der Waals surface area (Å²) in [6.07, 6.45) is -4.44. The summed E-state index contributed by atoms with van der Waals surface area (Å²) >= 11 is 0. The van der Waals surface area contributed by atoms with Crippen molar-refractivity contribution in [3.8, 4) is 22.8 Å². The molecule has 9 heteroatoms. The summed E-state index contributed by atoms with van der Waals surface area (Å²) in [6.45, 7) is 1.03. The number of aromatic nitrogens is 1. The Morgan fingerprint density at radius 1 is 1.07 bits per heavy atom. The molecule has 0 saturated carbocycles. The van der Waals surface area contributed by atoms with E-state index in [9.17, 15) is 18.0 Å². The third-order valence-electron chi connectivity index (χ3n) is 4.32. The summed E-state index contributed by atoms with van der Waals surface area (Å²) in [4.78, 5) is 18.9. The predicted molar refractivity (Wildman–Crippen MR) is 108 cm³/mol. The molecule has 2 aromatic carbocycles. The number of hydrogen-bond acceptors (Lipinski definition) is 5. The Hall–Kier alpha value is -3.33. The lowest BCUT2D eigenvalue weighted by Gasteiger charge is -2.09. The van der Waals surface area contributed by atoms with Gasteiger partial charge in [-0.05, 0) is 62.6 Å². The second kappa shape index (κ2) is 8.58. The summed E-state index contributed by atoms with van der Waals surface area (Å²) in [6, 6.07) is 11.1. The Kier molecular flexibility index (Phi) is 6.12. The van der Waals surface area contributed by atoms with Gasteiger partial charge in [0.05, 0.1) is 5.56 Å². The van der Waals surface area contributed by atoms with Crippen molar-refractivity contribution in [2.75, 3.05) is 32.9 Å². The predicted octanol–water partition coefficient (Wildman–Crippen LogP) is 3.90. The van der Waals surface area contributed by atoms with Gasteiger partial charge in [-0.25, -0.2) is 4.98 Å². The van der Waals surface area contributed by atoms with Crippen molar-refractivity contribution >= 4 is 11.6 Å². The molecule has 0 spiro atoms. The summed E-state index contributed by atoms with van der Waals surface area (Å²) in [7, 11) is 3.76. The van der Waals surface area contributed by atoms with Gasteiger partial charge in [-0.1, -0.05) is 0 Å². The van der Waals surface area contributed by atoms with Crippen LogP contribution in [0.4, 0.5) is 18.9 Å². The molecule has 0 aliphatic carbocycles. The number of carbonyl (C=O) groups excluding carboxylic acids is 1. The zero-order chi connectivity index (χ0) is 21.9. The smallest absolute Gasteiger partial charge is 0.416 e. The van der Waals surface area contributed by atoms with Crippen LogP contribution in [0.2, 0.25) is 0 Å². The van der Waals surface area contributed by atoms with Crippen LogP contribution in [0.15, 0.2) is 52.9 Å². The van der Waals surface area contributed by atoms with E-state index in [0.717, 1.165) is 12.1 Å². The van der Waals surface area contributed by atoms with E-state index >= 15 is 0 Å². The molecule has 158 valence electrons. The lowest BCUT2D eigenvalue weighted by molar-refractivity contribution is -0.137. The third kappa shape index (κ3) is 4.98. The van der Waals surface area contributed by atoms with Gasteiger partial charge >= 0.3 is 6.18 Å². The molecule has 0 unspecified atom stereocenters. The van der Waals surface area contributed by atoms with E-state index in [1.165, 1.54) is 12.1 Å². The van der Waals surface area contributed by atoms with Crippen LogP contribution >= 0.6 is 0 Å². The molecule has 3 aromatic rings. The average molecular weight is 418 g/mol. The highest BCUT2D eigenvalue weighted by Gasteiger charge is 2.30. The molecule has 0 radical (unpaired) electrons. The molecule has 1 heterocycles. The number of oxazole rings is 1. The molecule has 6 nitrogen and oxygen atoms in total. The number of anilines is 1. The minimum Gasteiger partial charge on any atom is -0.435 e. The lowest BCUT2D eigenvalue weighted by Crippen LogP contribution is -2.31. The number of hydrogen-bond donors (Lipinski definition) is 2. The fourth-order valence-corrected chi connectivity index (χ4v) is 2.71. The maximum Gasteiger partial charge on any atom is 0.416 e. The molecule has 3 rings (SSSR count). The molecule has 30 heavy (non-hydrogen) atoms. The van der Waals surface area contributed by atoms with Gasteiger partial charge in [0, 0.05) is 29.9 Å². The molecule has 0 aliphatic heterocycles. The van der Waals surface area contributed by atoms with Crippen molar-refractivity contribution in [3.05, 3.63) is 59.8 Å². The number of nitrogens with zero attached hydrogens (tertiary/aromatic N) is 2. The number of nitrogens with one attached hydrogen (secondary N) is 1. The van der Waals surface area contributed by atoms with Crippen molar-refractivity contribution in [2.24, 2.45) is 0 Å². The molecule has 0 fully saturated rings. The van der Waals surface area contributed by atoms with Gasteiger partial charge in [-0.3, -0.25) is 4.79 Å². The summed E-state index contributed by atoms with van der Waals surface area (Å²) in [5.74, 6) is -0.175. The van der Waals surface area contributed by atoms with Crippen LogP contribution in [0, 0.1) is 0 Å². The number of nitrogens with two attached hydrogens (primary N) is 1. The Bertz CT molecular complexity index is 1010. The topological polar surface area (TPSA) is 84.4 Å². The van der Waals surface area contributed by atoms with Gasteiger partial charge in [0.1, 0.15) is 0 Å². The quantitative estimate of drug-likeness (QED) is 0.593. The van der Waals surface area contributed by atoms with Crippen LogP contribution in [0.25, 0.3) is 22.8 Å². The van der Waals surface area contributed by atoms with Crippen LogP contribution < -0.4 is 11.1 Å². The largest absolute Gasteiger partial charge is 0.435 e. The summed E-state index contributed by atoms with van der Waals surface area (Å²) in [5.41, 5.74) is 6.43. The minimum atomic E-state index is -4.44. The van der Waals surface area contributed by atoms with Gasteiger partial charge in [-0.2, -0.15) is 13.2 Å². The van der Waals surface area contributed by atoms with Gasteiger partial charge in [0.25, 0.3) is 5.91 Å². The van der Waals surface area contributed by atoms with E-state index < -0.39 is 17.6 Å². The Labute approximate surface area is 171 Å². The molecule has 0 saturated heterocycles. The highest BCUT2D eigenvalue weighted by molar-refractivity contribution is 5.98. The fourth-order valence-electron chi connectivity index (χ4n) is 2.71. The molecule has 1 aromatic heterocycles. The van der Waals surface area contributed by atoms with E-state index in [-0.39, 0.29) is 17.3 Å². The lowest BCUT2D eigenvalue weighted by atomic mass is 10.1. The number of likely N-dealkylation sites (N-methyl/N-ethyl adjacent to an activating group) is 1. The number of amides is 1. The van der Waals surface area contributed by atoms with Gasteiger partial charge in [-0.15, -0.1) is 0 Å². The van der Waals surface area contributed by atoms with Gasteiger partial charge in [0.2, 0.25) is 5.89 Å². The van der Waals surface area contributed by atoms with Crippen LogP contribution in [-0.4, -0.2) is 43.0 Å². The second-order valence-corrected chi connectivity index (χ2v) is 6.95.